The zero-order valence-corrected chi connectivity index (χ0v) is 18.3. The Morgan fingerprint density at radius 3 is 2.31 bits per heavy atom. The summed E-state index contributed by atoms with van der Waals surface area (Å²) in [6, 6.07) is 11.7. The van der Waals surface area contributed by atoms with E-state index in [9.17, 15) is 22.8 Å². The maximum atomic E-state index is 13.0. The van der Waals surface area contributed by atoms with Crippen molar-refractivity contribution in [2.75, 3.05) is 16.3 Å². The number of para-hydroxylation sites is 1. The van der Waals surface area contributed by atoms with Gasteiger partial charge < -0.3 is 21.3 Å². The van der Waals surface area contributed by atoms with E-state index in [0.717, 1.165) is 4.42 Å². The summed E-state index contributed by atoms with van der Waals surface area (Å²) in [5, 5.41) is 27.5. The summed E-state index contributed by atoms with van der Waals surface area (Å²) in [6.45, 7) is -0.300. The van der Waals surface area contributed by atoms with Crippen LogP contribution in [0.3, 0.4) is 0 Å². The predicted octanol–water partition coefficient (Wildman–Crippen LogP) is 3.45. The molecule has 6 N–H and O–H groups in total. The second kappa shape index (κ2) is 11.2. The fraction of sp³-hybridized carbons (Fsp3) is 0.0952. The van der Waals surface area contributed by atoms with E-state index in [-0.39, 0.29) is 18.3 Å². The molecule has 35 heavy (non-hydrogen) atoms. The number of ketones is 1. The van der Waals surface area contributed by atoms with Crippen LogP contribution < -0.4 is 15.5 Å². The van der Waals surface area contributed by atoms with Gasteiger partial charge in [-0.05, 0) is 18.2 Å². The van der Waals surface area contributed by atoms with Crippen molar-refractivity contribution in [1.82, 2.24) is 4.98 Å². The van der Waals surface area contributed by atoms with Gasteiger partial charge in [0.15, 0.2) is 5.78 Å². The predicted molar refractivity (Wildman–Crippen MR) is 122 cm³/mol. The van der Waals surface area contributed by atoms with Crippen LogP contribution >= 0.6 is 11.8 Å². The minimum absolute atomic E-state index is 0.268. The molecular formula is C21H17ClF3N5O5. The third-order valence-corrected chi connectivity index (χ3v) is 4.63. The Hall–Kier alpha value is -4.39. The molecule has 0 aliphatic rings. The Morgan fingerprint density at radius 2 is 1.74 bits per heavy atom. The normalized spacial score (nSPS) is 10.6. The van der Waals surface area contributed by atoms with Gasteiger partial charge in [-0.3, -0.25) is 20.0 Å². The molecule has 0 bridgehead atoms. The number of alkyl halides is 3. The van der Waals surface area contributed by atoms with E-state index in [4.69, 9.17) is 37.9 Å². The number of fused-ring (bicyclic) bond motifs is 1. The molecule has 0 spiro atoms. The Kier molecular flexibility index (Phi) is 8.56. The summed E-state index contributed by atoms with van der Waals surface area (Å²) in [7, 11) is 0. The second-order valence-electron chi connectivity index (χ2n) is 6.69. The number of guanidine groups is 1. The van der Waals surface area contributed by atoms with Gasteiger partial charge in [0, 0.05) is 45.6 Å². The molecule has 0 amide bonds. The molecule has 0 fully saturated rings. The van der Waals surface area contributed by atoms with E-state index in [1.165, 1.54) is 6.20 Å². The van der Waals surface area contributed by atoms with Crippen molar-refractivity contribution in [3.8, 4) is 0 Å². The number of aromatic nitrogens is 1. The van der Waals surface area contributed by atoms with Gasteiger partial charge >= 0.3 is 18.1 Å². The van der Waals surface area contributed by atoms with Crippen LogP contribution in [0.1, 0.15) is 15.9 Å². The van der Waals surface area contributed by atoms with Gasteiger partial charge in [-0.1, -0.05) is 24.3 Å². The van der Waals surface area contributed by atoms with Crippen molar-refractivity contribution < 1.29 is 37.8 Å². The largest absolute Gasteiger partial charge is 0.490 e. The summed E-state index contributed by atoms with van der Waals surface area (Å²) in [5.74, 6) is -4.40. The van der Waals surface area contributed by atoms with E-state index in [2.05, 4.69) is 10.3 Å². The molecule has 0 aliphatic carbocycles. The first kappa shape index (κ1) is 26.9. The molecule has 1 aromatic heterocycles. The van der Waals surface area contributed by atoms with Gasteiger partial charge in [0.25, 0.3) is 0 Å². The quantitative estimate of drug-likeness (QED) is 0.144. The number of rotatable bonds is 6. The lowest BCUT2D eigenvalue weighted by Crippen LogP contribution is -2.28. The molecule has 0 saturated carbocycles. The lowest BCUT2D eigenvalue weighted by atomic mass is 9.99. The number of hydrogen-bond acceptors (Lipinski definition) is 6. The van der Waals surface area contributed by atoms with Crippen LogP contribution in [0.5, 0.6) is 0 Å². The first-order valence-electron chi connectivity index (χ1n) is 9.40. The molecule has 2 aromatic carbocycles. The van der Waals surface area contributed by atoms with Crippen LogP contribution in [0, 0.1) is 5.41 Å². The van der Waals surface area contributed by atoms with Gasteiger partial charge in [-0.25, -0.2) is 9.21 Å². The summed E-state index contributed by atoms with van der Waals surface area (Å²) in [4.78, 5) is 36.8. The monoisotopic (exact) mass is 511 g/mol. The van der Waals surface area contributed by atoms with E-state index < -0.39 is 18.1 Å². The smallest absolute Gasteiger partial charge is 0.480 e. The maximum absolute atomic E-state index is 13.0. The first-order valence-corrected chi connectivity index (χ1v) is 9.74. The molecule has 10 nitrogen and oxygen atoms in total. The highest BCUT2D eigenvalue weighted by atomic mass is 35.5. The van der Waals surface area contributed by atoms with Crippen LogP contribution in [0.25, 0.3) is 10.8 Å². The number of carbonyl (C=O) groups is 3. The molecule has 14 heteroatoms. The fourth-order valence-electron chi connectivity index (χ4n) is 2.75. The Labute approximate surface area is 200 Å². The van der Waals surface area contributed by atoms with E-state index in [1.54, 1.807) is 48.7 Å². The number of nitrogens with zero attached hydrogens (tertiary/aromatic N) is 2. The average Bonchev–Trinajstić information content (AvgIpc) is 2.81. The van der Waals surface area contributed by atoms with Crippen molar-refractivity contribution in [3.63, 3.8) is 0 Å². The first-order chi connectivity index (χ1) is 16.3. The van der Waals surface area contributed by atoms with Crippen LogP contribution in [0.15, 0.2) is 54.9 Å². The molecule has 1 heterocycles. The SMILES string of the molecule is N=C(N)N(Cl)c1cncc2cc(C(=O)c3ccccc3NCC(=O)O)ccc12.O=C(O)C(F)(F)F. The number of hydrogen-bond donors (Lipinski definition) is 5. The van der Waals surface area contributed by atoms with Crippen molar-refractivity contribution in [2.45, 2.75) is 6.18 Å². The van der Waals surface area contributed by atoms with Gasteiger partial charge in [-0.15, -0.1) is 0 Å². The number of benzene rings is 2. The standard InChI is InChI=1S/C19H16ClN5O3.C2HF3O2/c20-25(19(21)22)16-9-23-8-12-7-11(5-6-13(12)16)18(28)14-3-1-2-4-15(14)24-10-17(26)27;3-2(4,5)1(6)7/h1-9,24H,10H2,(H3,21,22)(H,26,27);(H,6,7). The topological polar surface area (TPSA) is 170 Å². The lowest BCUT2D eigenvalue weighted by Gasteiger charge is -2.15. The average molecular weight is 512 g/mol. The Balaban J connectivity index is 0.000000540. The number of nitrogens with two attached hydrogens (primary N) is 1. The van der Waals surface area contributed by atoms with Crippen LogP contribution in [0.4, 0.5) is 24.5 Å². The number of carboxylic acids is 2. The molecular weight excluding hydrogens is 495 g/mol. The third kappa shape index (κ3) is 7.04. The van der Waals surface area contributed by atoms with Crippen LogP contribution in [0.2, 0.25) is 0 Å². The number of halogens is 4. The molecule has 184 valence electrons. The van der Waals surface area contributed by atoms with E-state index in [1.807, 2.05) is 0 Å². The fourth-order valence-corrected chi connectivity index (χ4v) is 2.88. The third-order valence-electron chi connectivity index (χ3n) is 4.27. The van der Waals surface area contributed by atoms with Crippen LogP contribution in [-0.2, 0) is 9.59 Å². The van der Waals surface area contributed by atoms with Crippen molar-refractivity contribution in [1.29, 1.82) is 5.41 Å². The van der Waals surface area contributed by atoms with Gasteiger partial charge in [-0.2, -0.15) is 13.2 Å². The Bertz CT molecular complexity index is 1290. The number of carboxylic acid groups (broad SMARTS) is 2. The molecule has 0 unspecified atom stereocenters. The van der Waals surface area contributed by atoms with Crippen molar-refractivity contribution in [2.24, 2.45) is 5.73 Å². The molecule has 0 radical (unpaired) electrons. The molecule has 3 rings (SSSR count). The van der Waals surface area contributed by atoms with Gasteiger partial charge in [0.05, 0.1) is 11.9 Å². The highest BCUT2D eigenvalue weighted by molar-refractivity contribution is 6.38. The minimum Gasteiger partial charge on any atom is -0.480 e. The molecule has 0 atom stereocenters. The van der Waals surface area contributed by atoms with Gasteiger partial charge in [0.2, 0.25) is 5.96 Å². The summed E-state index contributed by atoms with van der Waals surface area (Å²) in [6.07, 6.45) is -2.03. The van der Waals surface area contributed by atoms with E-state index in [0.29, 0.717) is 33.3 Å². The second-order valence-corrected chi connectivity index (χ2v) is 7.02. The zero-order chi connectivity index (χ0) is 26.3. The number of anilines is 2. The van der Waals surface area contributed by atoms with Crippen LogP contribution in [-0.4, -0.2) is 51.6 Å². The summed E-state index contributed by atoms with van der Waals surface area (Å²) < 4.78 is 32.7. The lowest BCUT2D eigenvalue weighted by molar-refractivity contribution is -0.192. The molecule has 0 aliphatic heterocycles. The molecule has 3 aromatic rings. The zero-order valence-electron chi connectivity index (χ0n) is 17.5. The Morgan fingerprint density at radius 1 is 1.11 bits per heavy atom. The minimum atomic E-state index is -5.08. The van der Waals surface area contributed by atoms with E-state index >= 15 is 0 Å². The summed E-state index contributed by atoms with van der Waals surface area (Å²) >= 11 is 6.02. The number of carbonyl (C=O) groups excluding carboxylic acids is 1. The van der Waals surface area contributed by atoms with Crippen molar-refractivity contribution in [3.05, 3.63) is 66.0 Å². The van der Waals surface area contributed by atoms with Crippen molar-refractivity contribution >= 4 is 57.6 Å². The maximum Gasteiger partial charge on any atom is 0.490 e. The highest BCUT2D eigenvalue weighted by Gasteiger charge is 2.38. The number of aliphatic carboxylic acids is 2. The number of nitrogens with one attached hydrogen (secondary N) is 2. The van der Waals surface area contributed by atoms with Gasteiger partial charge in [0.1, 0.15) is 6.54 Å². The summed E-state index contributed by atoms with van der Waals surface area (Å²) in [5.41, 5.74) is 7.05. The number of pyridine rings is 1. The molecule has 0 saturated heterocycles. The highest BCUT2D eigenvalue weighted by Crippen LogP contribution is 2.29.